The molecule has 1 saturated heterocycles. The van der Waals surface area contributed by atoms with Gasteiger partial charge < -0.3 is 4.74 Å². The van der Waals surface area contributed by atoms with Crippen LogP contribution in [0.1, 0.15) is 219 Å². The molecular formula is C39H72O3. The van der Waals surface area contributed by atoms with E-state index in [1.165, 1.54) is 193 Å². The molecule has 0 saturated carbocycles. The number of hydrogen-bond acceptors (Lipinski definition) is 3. The fraction of sp³-hybridized carbons (Fsp3) is 0.897. The van der Waals surface area contributed by atoms with E-state index >= 15 is 0 Å². The van der Waals surface area contributed by atoms with Crippen molar-refractivity contribution < 1.29 is 14.3 Å². The summed E-state index contributed by atoms with van der Waals surface area (Å²) in [5.41, 5.74) is 0. The van der Waals surface area contributed by atoms with Crippen molar-refractivity contribution in [2.24, 2.45) is 5.92 Å². The molecule has 0 aromatic rings. The van der Waals surface area contributed by atoms with Gasteiger partial charge in [-0.15, -0.1) is 0 Å². The lowest BCUT2D eigenvalue weighted by molar-refractivity contribution is -0.153. The van der Waals surface area contributed by atoms with Crippen molar-refractivity contribution in [2.45, 2.75) is 219 Å². The van der Waals surface area contributed by atoms with Gasteiger partial charge >= 0.3 is 11.9 Å². The number of carbonyl (C=O) groups excluding carboxylic acids is 2. The molecule has 0 bridgehead atoms. The minimum Gasteiger partial charge on any atom is -0.393 e. The molecular weight excluding hydrogens is 516 g/mol. The number of esters is 2. The van der Waals surface area contributed by atoms with E-state index in [9.17, 15) is 9.59 Å². The van der Waals surface area contributed by atoms with Gasteiger partial charge in [0.05, 0.1) is 12.3 Å². The lowest BCUT2D eigenvalue weighted by atomic mass is 9.98. The molecule has 1 heterocycles. The average molecular weight is 589 g/mol. The Kier molecular flexibility index (Phi) is 29.0. The number of cyclic esters (lactones) is 2. The fourth-order valence-electron chi connectivity index (χ4n) is 6.39. The predicted octanol–water partition coefficient (Wildman–Crippen LogP) is 13.1. The Balaban J connectivity index is 1.65. The Morgan fingerprint density at radius 3 is 1.10 bits per heavy atom. The molecule has 1 rings (SSSR count). The Morgan fingerprint density at radius 2 is 0.786 bits per heavy atom. The van der Waals surface area contributed by atoms with Crippen LogP contribution in [0.5, 0.6) is 0 Å². The minimum absolute atomic E-state index is 0.159. The summed E-state index contributed by atoms with van der Waals surface area (Å²) < 4.78 is 4.61. The smallest absolute Gasteiger partial charge is 0.317 e. The van der Waals surface area contributed by atoms with Crippen LogP contribution in [0.2, 0.25) is 0 Å². The van der Waals surface area contributed by atoms with Gasteiger partial charge in [0.1, 0.15) is 0 Å². The van der Waals surface area contributed by atoms with E-state index < -0.39 is 0 Å². The molecule has 1 aliphatic heterocycles. The molecule has 0 spiro atoms. The molecule has 0 radical (unpaired) electrons. The lowest BCUT2D eigenvalue weighted by Gasteiger charge is -2.05. The van der Waals surface area contributed by atoms with Gasteiger partial charge in [0.25, 0.3) is 0 Å². The van der Waals surface area contributed by atoms with Crippen LogP contribution in [-0.4, -0.2) is 11.9 Å². The Hall–Kier alpha value is -1.12. The Morgan fingerprint density at radius 1 is 0.476 bits per heavy atom. The molecule has 246 valence electrons. The van der Waals surface area contributed by atoms with Gasteiger partial charge in [-0.3, -0.25) is 9.59 Å². The first-order valence-corrected chi connectivity index (χ1v) is 19.1. The van der Waals surface area contributed by atoms with Crippen molar-refractivity contribution in [1.29, 1.82) is 0 Å². The third kappa shape index (κ3) is 26.5. The first-order chi connectivity index (χ1) is 20.7. The van der Waals surface area contributed by atoms with Gasteiger partial charge in [-0.1, -0.05) is 192 Å². The number of rotatable bonds is 33. The van der Waals surface area contributed by atoms with Gasteiger partial charge in [-0.25, -0.2) is 0 Å². The second-order valence-electron chi connectivity index (χ2n) is 13.4. The molecule has 42 heavy (non-hydrogen) atoms. The molecule has 1 unspecified atom stereocenters. The molecule has 0 N–H and O–H groups in total. The van der Waals surface area contributed by atoms with E-state index in [2.05, 4.69) is 23.8 Å². The van der Waals surface area contributed by atoms with E-state index in [1.807, 2.05) is 0 Å². The van der Waals surface area contributed by atoms with Crippen LogP contribution in [0, 0.1) is 5.92 Å². The molecule has 3 nitrogen and oxygen atoms in total. The monoisotopic (exact) mass is 589 g/mol. The van der Waals surface area contributed by atoms with Gasteiger partial charge in [0.15, 0.2) is 0 Å². The summed E-state index contributed by atoms with van der Waals surface area (Å²) in [5.74, 6) is -0.797. The van der Waals surface area contributed by atoms with Crippen LogP contribution in [0.4, 0.5) is 0 Å². The van der Waals surface area contributed by atoms with Crippen molar-refractivity contribution in [3.8, 4) is 0 Å². The quantitative estimate of drug-likeness (QED) is 0.0331. The van der Waals surface area contributed by atoms with Crippen LogP contribution in [0.15, 0.2) is 12.2 Å². The second-order valence-corrected chi connectivity index (χ2v) is 13.4. The summed E-state index contributed by atoms with van der Waals surface area (Å²) in [6, 6.07) is 0. The molecule has 1 fully saturated rings. The average Bonchev–Trinajstić information content (AvgIpc) is 3.31. The standard InChI is InChI=1S/C39H72O3/c1-2-3-4-5-6-7-8-9-10-11-12-13-14-15-16-17-18-19-20-21-22-23-24-25-26-27-28-29-30-31-32-33-34-35-37-36-38(40)42-39(37)41/h18-19,37H,2-17,20-36H2,1H3. The molecule has 0 aromatic heterocycles. The third-order valence-corrected chi connectivity index (χ3v) is 9.28. The second kappa shape index (κ2) is 31.3. The molecule has 0 aromatic carbocycles. The van der Waals surface area contributed by atoms with Crippen LogP contribution < -0.4 is 0 Å². The third-order valence-electron chi connectivity index (χ3n) is 9.28. The summed E-state index contributed by atoms with van der Waals surface area (Å²) in [6.07, 6.45) is 49.0. The van der Waals surface area contributed by atoms with Crippen LogP contribution in [0.3, 0.4) is 0 Å². The van der Waals surface area contributed by atoms with Crippen molar-refractivity contribution in [1.82, 2.24) is 0 Å². The highest BCUT2D eigenvalue weighted by atomic mass is 16.6. The maximum Gasteiger partial charge on any atom is 0.317 e. The maximum atomic E-state index is 11.4. The molecule has 0 amide bonds. The summed E-state index contributed by atoms with van der Waals surface area (Å²) in [5, 5.41) is 0. The first kappa shape index (κ1) is 38.9. The number of hydrogen-bond donors (Lipinski definition) is 0. The predicted molar refractivity (Wildman–Crippen MR) is 182 cm³/mol. The fourth-order valence-corrected chi connectivity index (χ4v) is 6.39. The van der Waals surface area contributed by atoms with Crippen molar-refractivity contribution in [3.05, 3.63) is 12.2 Å². The van der Waals surface area contributed by atoms with Gasteiger partial charge in [0, 0.05) is 0 Å². The molecule has 1 atom stereocenters. The van der Waals surface area contributed by atoms with Gasteiger partial charge in [0.2, 0.25) is 0 Å². The molecule has 1 aliphatic rings. The summed E-state index contributed by atoms with van der Waals surface area (Å²) in [6.45, 7) is 2.30. The van der Waals surface area contributed by atoms with Crippen molar-refractivity contribution >= 4 is 11.9 Å². The van der Waals surface area contributed by atoms with Crippen molar-refractivity contribution in [3.63, 3.8) is 0 Å². The lowest BCUT2D eigenvalue weighted by Crippen LogP contribution is -2.06. The van der Waals surface area contributed by atoms with Crippen LogP contribution >= 0.6 is 0 Å². The van der Waals surface area contributed by atoms with E-state index in [0.717, 1.165) is 12.8 Å². The molecule has 3 heteroatoms. The van der Waals surface area contributed by atoms with E-state index in [0.29, 0.717) is 6.42 Å². The topological polar surface area (TPSA) is 43.4 Å². The van der Waals surface area contributed by atoms with Gasteiger partial charge in [-0.2, -0.15) is 0 Å². The Labute approximate surface area is 262 Å². The highest BCUT2D eigenvalue weighted by molar-refractivity contribution is 5.94. The van der Waals surface area contributed by atoms with E-state index in [1.54, 1.807) is 0 Å². The maximum absolute atomic E-state index is 11.4. The Bertz CT molecular complexity index is 625. The number of unbranched alkanes of at least 4 members (excludes halogenated alkanes) is 29. The largest absolute Gasteiger partial charge is 0.393 e. The summed E-state index contributed by atoms with van der Waals surface area (Å²) in [7, 11) is 0. The first-order valence-electron chi connectivity index (χ1n) is 19.1. The van der Waals surface area contributed by atoms with Gasteiger partial charge in [-0.05, 0) is 32.1 Å². The summed E-state index contributed by atoms with van der Waals surface area (Å²) in [4.78, 5) is 22.5. The van der Waals surface area contributed by atoms with Crippen LogP contribution in [0.25, 0.3) is 0 Å². The van der Waals surface area contributed by atoms with E-state index in [-0.39, 0.29) is 17.9 Å². The number of carbonyl (C=O) groups is 2. The minimum atomic E-state index is -0.339. The highest BCUT2D eigenvalue weighted by Crippen LogP contribution is 2.23. The molecule has 0 aliphatic carbocycles. The zero-order chi connectivity index (χ0) is 30.2. The van der Waals surface area contributed by atoms with Crippen molar-refractivity contribution in [2.75, 3.05) is 0 Å². The zero-order valence-electron chi connectivity index (χ0n) is 28.3. The van der Waals surface area contributed by atoms with E-state index in [4.69, 9.17) is 0 Å². The zero-order valence-corrected chi connectivity index (χ0v) is 28.3. The van der Waals surface area contributed by atoms with Crippen LogP contribution in [-0.2, 0) is 14.3 Å². The number of ether oxygens (including phenoxy) is 1. The SMILES string of the molecule is CCCCCCCCCCCCCCCCCC=CCCCCCCCCCCCCCCCCC1CC(=O)OC1=O. The highest BCUT2D eigenvalue weighted by Gasteiger charge is 2.32. The summed E-state index contributed by atoms with van der Waals surface area (Å²) >= 11 is 0. The number of allylic oxidation sites excluding steroid dienone is 2. The normalized spacial score (nSPS) is 15.3.